The summed E-state index contributed by atoms with van der Waals surface area (Å²) >= 11 is 0. The lowest BCUT2D eigenvalue weighted by atomic mass is 9.57. The first kappa shape index (κ1) is 13.0. The van der Waals surface area contributed by atoms with Crippen LogP contribution in [0, 0.1) is 11.3 Å². The molecule has 2 fully saturated rings. The van der Waals surface area contributed by atoms with Gasteiger partial charge in [0.15, 0.2) is 5.65 Å². The fourth-order valence-corrected chi connectivity index (χ4v) is 3.42. The first-order chi connectivity index (χ1) is 9.94. The standard InChI is InChI=1S/C13H14F3N5/c14-13(15,16)11-18-10-2-1-9(19-21(10)20-11)3-8-4-12(5-8)6-17-7-12/h1-2,8,17H,3-7H2. The van der Waals surface area contributed by atoms with Crippen LogP contribution >= 0.6 is 0 Å². The van der Waals surface area contributed by atoms with Gasteiger partial charge >= 0.3 is 6.18 Å². The summed E-state index contributed by atoms with van der Waals surface area (Å²) in [7, 11) is 0. The molecule has 1 spiro atoms. The van der Waals surface area contributed by atoms with Crippen molar-refractivity contribution in [3.05, 3.63) is 23.7 Å². The molecule has 4 rings (SSSR count). The van der Waals surface area contributed by atoms with Gasteiger partial charge in [-0.05, 0) is 42.7 Å². The monoisotopic (exact) mass is 297 g/mol. The minimum Gasteiger partial charge on any atom is -0.316 e. The highest BCUT2D eigenvalue weighted by Gasteiger charge is 2.48. The van der Waals surface area contributed by atoms with Crippen molar-refractivity contribution in [3.63, 3.8) is 0 Å². The molecule has 0 atom stereocenters. The number of alkyl halides is 3. The maximum Gasteiger partial charge on any atom is 0.453 e. The molecule has 0 bridgehead atoms. The van der Waals surface area contributed by atoms with E-state index in [0.29, 0.717) is 11.3 Å². The van der Waals surface area contributed by atoms with Crippen molar-refractivity contribution in [2.24, 2.45) is 11.3 Å². The zero-order valence-electron chi connectivity index (χ0n) is 11.2. The van der Waals surface area contributed by atoms with Crippen LogP contribution in [-0.4, -0.2) is 32.9 Å². The summed E-state index contributed by atoms with van der Waals surface area (Å²) in [6.07, 6.45) is -1.40. The van der Waals surface area contributed by atoms with Gasteiger partial charge in [-0.15, -0.1) is 9.73 Å². The summed E-state index contributed by atoms with van der Waals surface area (Å²) < 4.78 is 38.7. The van der Waals surface area contributed by atoms with E-state index in [2.05, 4.69) is 20.5 Å². The molecule has 2 aliphatic rings. The third-order valence-electron chi connectivity index (χ3n) is 4.46. The van der Waals surface area contributed by atoms with Gasteiger partial charge in [-0.3, -0.25) is 0 Å². The van der Waals surface area contributed by atoms with Crippen LogP contribution < -0.4 is 5.32 Å². The topological polar surface area (TPSA) is 55.1 Å². The van der Waals surface area contributed by atoms with E-state index in [1.807, 2.05) is 0 Å². The first-order valence-corrected chi connectivity index (χ1v) is 6.95. The van der Waals surface area contributed by atoms with Crippen molar-refractivity contribution in [1.29, 1.82) is 0 Å². The molecule has 1 N–H and O–H groups in total. The van der Waals surface area contributed by atoms with E-state index in [-0.39, 0.29) is 5.65 Å². The van der Waals surface area contributed by atoms with Crippen LogP contribution in [0.25, 0.3) is 5.65 Å². The van der Waals surface area contributed by atoms with Gasteiger partial charge in [-0.25, -0.2) is 4.98 Å². The lowest BCUT2D eigenvalue weighted by Gasteiger charge is -2.54. The maximum atomic E-state index is 12.6. The second-order valence-electron chi connectivity index (χ2n) is 6.19. The van der Waals surface area contributed by atoms with Gasteiger partial charge < -0.3 is 5.32 Å². The molecule has 1 aliphatic heterocycles. The minimum absolute atomic E-state index is 0.124. The van der Waals surface area contributed by atoms with Crippen LogP contribution in [0.15, 0.2) is 12.1 Å². The zero-order valence-corrected chi connectivity index (χ0v) is 11.2. The van der Waals surface area contributed by atoms with Gasteiger partial charge in [0.2, 0.25) is 0 Å². The average molecular weight is 297 g/mol. The van der Waals surface area contributed by atoms with E-state index in [4.69, 9.17) is 0 Å². The van der Waals surface area contributed by atoms with E-state index < -0.39 is 12.0 Å². The molecular formula is C13H14F3N5. The zero-order chi connectivity index (χ0) is 14.7. The Labute approximate surface area is 118 Å². The number of halogens is 3. The number of rotatable bonds is 2. The second kappa shape index (κ2) is 4.16. The van der Waals surface area contributed by atoms with Crippen LogP contribution in [0.5, 0.6) is 0 Å². The Morgan fingerprint density at radius 1 is 1.24 bits per heavy atom. The van der Waals surface area contributed by atoms with Crippen LogP contribution in [0.2, 0.25) is 0 Å². The fraction of sp³-hybridized carbons (Fsp3) is 0.615. The first-order valence-electron chi connectivity index (χ1n) is 6.95. The van der Waals surface area contributed by atoms with Gasteiger partial charge in [0.25, 0.3) is 5.82 Å². The third-order valence-corrected chi connectivity index (χ3v) is 4.46. The molecule has 2 aromatic heterocycles. The Kier molecular flexibility index (Phi) is 2.57. The largest absolute Gasteiger partial charge is 0.453 e. The lowest BCUT2D eigenvalue weighted by Crippen LogP contribution is -2.60. The highest BCUT2D eigenvalue weighted by molar-refractivity contribution is 5.36. The predicted octanol–water partition coefficient (Wildman–Crippen LogP) is 1.69. The van der Waals surface area contributed by atoms with Gasteiger partial charge in [0.1, 0.15) is 0 Å². The number of fused-ring (bicyclic) bond motifs is 1. The van der Waals surface area contributed by atoms with Crippen molar-refractivity contribution in [2.75, 3.05) is 13.1 Å². The Hall–Kier alpha value is -1.70. The van der Waals surface area contributed by atoms with Crippen LogP contribution in [0.4, 0.5) is 13.2 Å². The fourth-order valence-electron chi connectivity index (χ4n) is 3.42. The Balaban J connectivity index is 1.51. The minimum atomic E-state index is -4.54. The van der Waals surface area contributed by atoms with E-state index in [0.717, 1.165) is 29.8 Å². The van der Waals surface area contributed by atoms with Gasteiger partial charge in [-0.1, -0.05) is 0 Å². The van der Waals surface area contributed by atoms with Crippen molar-refractivity contribution < 1.29 is 13.2 Å². The highest BCUT2D eigenvalue weighted by atomic mass is 19.4. The molecule has 1 saturated carbocycles. The molecule has 2 aromatic rings. The lowest BCUT2D eigenvalue weighted by molar-refractivity contribution is -0.144. The normalized spacial score (nSPS) is 21.5. The third kappa shape index (κ3) is 2.17. The summed E-state index contributed by atoms with van der Waals surface area (Å²) in [6.45, 7) is 2.18. The smallest absolute Gasteiger partial charge is 0.316 e. The van der Waals surface area contributed by atoms with E-state index in [1.165, 1.54) is 12.8 Å². The van der Waals surface area contributed by atoms with Gasteiger partial charge in [0.05, 0.1) is 5.69 Å². The van der Waals surface area contributed by atoms with Gasteiger partial charge in [-0.2, -0.15) is 18.3 Å². The number of nitrogens with zero attached hydrogens (tertiary/aromatic N) is 4. The summed E-state index contributed by atoms with van der Waals surface area (Å²) in [5, 5.41) is 10.8. The number of hydrogen-bond donors (Lipinski definition) is 1. The highest BCUT2D eigenvalue weighted by Crippen LogP contribution is 2.49. The summed E-state index contributed by atoms with van der Waals surface area (Å²) in [4.78, 5) is 3.44. The molecule has 1 saturated heterocycles. The molecule has 0 radical (unpaired) electrons. The van der Waals surface area contributed by atoms with Crippen molar-refractivity contribution in [1.82, 2.24) is 25.1 Å². The predicted molar refractivity (Wildman–Crippen MR) is 67.5 cm³/mol. The van der Waals surface area contributed by atoms with E-state index >= 15 is 0 Å². The summed E-state index contributed by atoms with van der Waals surface area (Å²) in [5.74, 6) is -0.571. The number of aromatic nitrogens is 4. The SMILES string of the molecule is FC(F)(F)c1nc2ccc(CC3CC4(CNC4)C3)nn2n1. The molecular weight excluding hydrogens is 283 g/mol. The van der Waals surface area contributed by atoms with Crippen molar-refractivity contribution >= 4 is 5.65 Å². The molecule has 3 heterocycles. The van der Waals surface area contributed by atoms with Crippen molar-refractivity contribution in [2.45, 2.75) is 25.4 Å². The molecule has 5 nitrogen and oxygen atoms in total. The Morgan fingerprint density at radius 2 is 2.00 bits per heavy atom. The van der Waals surface area contributed by atoms with E-state index in [9.17, 15) is 13.2 Å². The van der Waals surface area contributed by atoms with Crippen LogP contribution in [0.1, 0.15) is 24.4 Å². The van der Waals surface area contributed by atoms with Crippen LogP contribution in [-0.2, 0) is 12.6 Å². The van der Waals surface area contributed by atoms with Gasteiger partial charge in [0, 0.05) is 13.1 Å². The van der Waals surface area contributed by atoms with E-state index in [1.54, 1.807) is 12.1 Å². The average Bonchev–Trinajstić information content (AvgIpc) is 2.73. The maximum absolute atomic E-state index is 12.6. The molecule has 1 aliphatic carbocycles. The Bertz CT molecular complexity index is 681. The summed E-state index contributed by atoms with van der Waals surface area (Å²) in [5.41, 5.74) is 1.39. The molecule has 112 valence electrons. The number of hydrogen-bond acceptors (Lipinski definition) is 4. The molecule has 0 unspecified atom stereocenters. The number of nitrogens with one attached hydrogen (secondary N) is 1. The van der Waals surface area contributed by atoms with Crippen molar-refractivity contribution in [3.8, 4) is 0 Å². The Morgan fingerprint density at radius 3 is 2.62 bits per heavy atom. The summed E-state index contributed by atoms with van der Waals surface area (Å²) in [6, 6.07) is 3.29. The molecule has 0 aromatic carbocycles. The second-order valence-corrected chi connectivity index (χ2v) is 6.19. The molecule has 21 heavy (non-hydrogen) atoms. The molecule has 8 heteroatoms. The van der Waals surface area contributed by atoms with Crippen LogP contribution in [0.3, 0.4) is 0 Å². The molecule has 0 amide bonds. The quantitative estimate of drug-likeness (QED) is 0.916.